The van der Waals surface area contributed by atoms with E-state index in [1.807, 2.05) is 26.2 Å². The van der Waals surface area contributed by atoms with Crippen LogP contribution in [0.15, 0.2) is 85.1 Å². The molecule has 4 heterocycles. The molecule has 299 valence electrons. The van der Waals surface area contributed by atoms with Gasteiger partial charge in [0.1, 0.15) is 0 Å². The van der Waals surface area contributed by atoms with Crippen molar-refractivity contribution in [2.75, 3.05) is 0 Å². The van der Waals surface area contributed by atoms with Crippen LogP contribution in [-0.2, 0) is 47.0 Å². The van der Waals surface area contributed by atoms with Crippen LogP contribution in [0.4, 0.5) is 0 Å². The van der Waals surface area contributed by atoms with Gasteiger partial charge in [-0.15, -0.1) is 44.8 Å². The van der Waals surface area contributed by atoms with Gasteiger partial charge in [-0.3, -0.25) is 15.3 Å². The van der Waals surface area contributed by atoms with Crippen molar-refractivity contribution in [1.29, 1.82) is 0 Å². The molecule has 60 heavy (non-hydrogen) atoms. The number of pyridine rings is 1. The van der Waals surface area contributed by atoms with Gasteiger partial charge in [-0.2, -0.15) is 29.5 Å². The molecule has 4 aromatic heterocycles. The van der Waals surface area contributed by atoms with Gasteiger partial charge in [0.2, 0.25) is 12.7 Å². The van der Waals surface area contributed by atoms with Gasteiger partial charge in [0.25, 0.3) is 0 Å². The Bertz CT molecular complexity index is 2930. The second-order valence-electron chi connectivity index (χ2n) is 15.6. The van der Waals surface area contributed by atoms with E-state index in [-0.39, 0.29) is 20.1 Å². The van der Waals surface area contributed by atoms with E-state index in [9.17, 15) is 0 Å². The Balaban J connectivity index is 0.000000122. The van der Waals surface area contributed by atoms with Crippen molar-refractivity contribution in [3.05, 3.63) is 166 Å². The van der Waals surface area contributed by atoms with Gasteiger partial charge < -0.3 is 23.4 Å². The summed E-state index contributed by atoms with van der Waals surface area (Å²) in [5.74, 6) is 0.464. The third kappa shape index (κ3) is 6.51. The number of imidazole rings is 2. The molecule has 0 aliphatic heterocycles. The summed E-state index contributed by atoms with van der Waals surface area (Å²) in [5.41, 5.74) is 19.0. The molecule has 10 heteroatoms. The van der Waals surface area contributed by atoms with Crippen molar-refractivity contribution in [3.63, 3.8) is 0 Å². The van der Waals surface area contributed by atoms with Crippen LogP contribution in [0.5, 0.6) is 0 Å². The number of aromatic nitrogens is 9. The Morgan fingerprint density at radius 1 is 0.667 bits per heavy atom. The molecular formula is C50H42IrN9-3. The molecule has 0 unspecified atom stereocenters. The van der Waals surface area contributed by atoms with Gasteiger partial charge >= 0.3 is 0 Å². The first kappa shape index (κ1) is 39.1. The Morgan fingerprint density at radius 3 is 1.63 bits per heavy atom. The molecule has 0 saturated carbocycles. The molecule has 0 amide bonds. The predicted molar refractivity (Wildman–Crippen MR) is 230 cm³/mol. The number of allylic oxidation sites excluding steroid dienone is 6. The number of aryl methyl sites for hydroxylation is 2. The van der Waals surface area contributed by atoms with Gasteiger partial charge in [0.05, 0.1) is 25.6 Å². The van der Waals surface area contributed by atoms with E-state index < -0.39 is 0 Å². The normalized spacial score (nSPS) is 13.8. The molecular weight excluding hydrogens is 919 g/mol. The molecule has 0 saturated heterocycles. The Kier molecular flexibility index (Phi) is 10.2. The third-order valence-electron chi connectivity index (χ3n) is 12.3. The van der Waals surface area contributed by atoms with Crippen molar-refractivity contribution in [3.8, 4) is 22.9 Å². The summed E-state index contributed by atoms with van der Waals surface area (Å²) in [6, 6.07) is 25.9. The molecule has 0 bridgehead atoms. The first-order valence-corrected chi connectivity index (χ1v) is 20.0. The fraction of sp³-hybridized carbons (Fsp3) is 0.200. The molecule has 4 aliphatic rings. The van der Waals surface area contributed by atoms with Crippen molar-refractivity contribution in [1.82, 2.24) is 34.7 Å². The van der Waals surface area contributed by atoms with Crippen LogP contribution in [0.2, 0.25) is 0 Å². The monoisotopic (exact) mass is 961 g/mol. The number of nitrogens with zero attached hydrogens (tertiary/aromatic N) is 9. The standard InChI is InChI=1S/2C22H19N2.C6H4N5.Ir/c2*1-14-15(2)24(13-23(14)3)20-12-10-18-8-7-16-5-4-6-17-9-11-19(20)22(18)21(16)17;1-2-4-7-5(3-1)6-8-10-11-9-6;/h2*4,6-7,9-11H,5,8H2,1-3H3;1-4H;/q3*-1;. The molecule has 8 aromatic rings. The van der Waals surface area contributed by atoms with Gasteiger partial charge in [-0.05, 0) is 86.1 Å². The molecule has 9 nitrogen and oxygen atoms in total. The minimum absolute atomic E-state index is 0. The van der Waals surface area contributed by atoms with Crippen molar-refractivity contribution in [2.45, 2.75) is 53.4 Å². The van der Waals surface area contributed by atoms with E-state index in [0.29, 0.717) is 11.5 Å². The predicted octanol–water partition coefficient (Wildman–Crippen LogP) is 7.95. The maximum absolute atomic E-state index is 4.02. The average Bonchev–Trinajstić information content (AvgIpc) is 3.98. The van der Waals surface area contributed by atoms with Gasteiger partial charge in [0.15, 0.2) is 0 Å². The summed E-state index contributed by atoms with van der Waals surface area (Å²) in [4.78, 5) is 4.02. The molecule has 4 aliphatic carbocycles. The maximum Gasteiger partial charge on any atom is 0.241 e. The van der Waals surface area contributed by atoms with Crippen LogP contribution in [0.3, 0.4) is 0 Å². The SMILES string of the molecule is Cc1c(C)[n+](C)[c-]n1-c1[c-]cc2c3c4c(ccc13)C=CCC4=CC2.Cc1c(C)[n+](C)[c-]n1-c1[c-]cc2c3c4c(ccc13)C=CCC4=CC2.[Ir].c1ccc(-c2nnn[n-]2)nc1. The quantitative estimate of drug-likeness (QED) is 0.133. The van der Waals surface area contributed by atoms with Crippen LogP contribution >= 0.6 is 0 Å². The topological polar surface area (TPSA) is 83.3 Å². The summed E-state index contributed by atoms with van der Waals surface area (Å²) in [7, 11) is 4.10. The fourth-order valence-corrected chi connectivity index (χ4v) is 8.83. The smallest absolute Gasteiger partial charge is 0.241 e. The second kappa shape index (κ2) is 15.7. The van der Waals surface area contributed by atoms with Crippen LogP contribution in [0, 0.1) is 52.5 Å². The third-order valence-corrected chi connectivity index (χ3v) is 12.3. The molecule has 0 atom stereocenters. The van der Waals surface area contributed by atoms with E-state index >= 15 is 0 Å². The molecule has 1 radical (unpaired) electrons. The largest absolute Gasteiger partial charge is 0.345 e. The van der Waals surface area contributed by atoms with Gasteiger partial charge in [-0.1, -0.05) is 78.9 Å². The summed E-state index contributed by atoms with van der Waals surface area (Å²) in [6.45, 7) is 8.57. The van der Waals surface area contributed by atoms with E-state index in [0.717, 1.165) is 37.1 Å². The second-order valence-corrected chi connectivity index (χ2v) is 15.6. The molecule has 0 fully saturated rings. The maximum atomic E-state index is 4.02. The molecule has 12 rings (SSSR count). The molecule has 4 aromatic carbocycles. The molecule has 0 spiro atoms. The van der Waals surface area contributed by atoms with Crippen LogP contribution < -0.4 is 14.2 Å². The summed E-state index contributed by atoms with van der Waals surface area (Å²) >= 11 is 0. The van der Waals surface area contributed by atoms with Crippen molar-refractivity contribution in [2.24, 2.45) is 14.1 Å². The van der Waals surface area contributed by atoms with E-state index in [1.54, 1.807) is 12.3 Å². The summed E-state index contributed by atoms with van der Waals surface area (Å²) < 4.78 is 8.41. The minimum atomic E-state index is 0. The zero-order valence-electron chi connectivity index (χ0n) is 34.4. The summed E-state index contributed by atoms with van der Waals surface area (Å²) in [6.07, 6.45) is 26.5. The number of hydrogen-bond donors (Lipinski definition) is 0. The van der Waals surface area contributed by atoms with E-state index in [2.05, 4.69) is 169 Å². The average molecular weight is 961 g/mol. The first-order valence-electron chi connectivity index (χ1n) is 20.0. The van der Waals surface area contributed by atoms with E-state index in [1.165, 1.54) is 88.8 Å². The van der Waals surface area contributed by atoms with Crippen LogP contribution in [0.25, 0.3) is 67.7 Å². The summed E-state index contributed by atoms with van der Waals surface area (Å²) in [5, 5.41) is 19.4. The van der Waals surface area contributed by atoms with Crippen molar-refractivity contribution < 1.29 is 29.2 Å². The van der Waals surface area contributed by atoms with Crippen LogP contribution in [0.1, 0.15) is 69.0 Å². The van der Waals surface area contributed by atoms with Crippen LogP contribution in [-0.4, -0.2) is 29.6 Å². The Labute approximate surface area is 363 Å². The van der Waals surface area contributed by atoms with Gasteiger partial charge in [-0.25, -0.2) is 0 Å². The number of rotatable bonds is 3. The number of tetrazole rings is 1. The van der Waals surface area contributed by atoms with Gasteiger partial charge in [0, 0.05) is 49.1 Å². The minimum Gasteiger partial charge on any atom is -0.345 e. The number of benzene rings is 4. The zero-order chi connectivity index (χ0) is 40.4. The fourth-order valence-electron chi connectivity index (χ4n) is 8.83. The first-order chi connectivity index (χ1) is 28.8. The Hall–Kier alpha value is -6.35. The zero-order valence-corrected chi connectivity index (χ0v) is 36.8. The number of hydrogen-bond acceptors (Lipinski definition) is 4. The molecule has 0 N–H and O–H groups in total. The van der Waals surface area contributed by atoms with Crippen molar-refractivity contribution >= 4 is 44.8 Å². The Morgan fingerprint density at radius 2 is 1.20 bits per heavy atom. The van der Waals surface area contributed by atoms with E-state index in [4.69, 9.17) is 0 Å².